The first kappa shape index (κ1) is 24.1. The highest BCUT2D eigenvalue weighted by Crippen LogP contribution is 2.29. The SMILES string of the molecule is CN=C(NCCc1cccc(C(=O)NC)c1)NCC(O)c1cc2ccccc2s1.I. The van der Waals surface area contributed by atoms with Crippen molar-refractivity contribution < 1.29 is 9.90 Å². The summed E-state index contributed by atoms with van der Waals surface area (Å²) in [4.78, 5) is 16.9. The summed E-state index contributed by atoms with van der Waals surface area (Å²) in [6.45, 7) is 1.04. The number of hydrogen-bond acceptors (Lipinski definition) is 4. The van der Waals surface area contributed by atoms with E-state index in [0.717, 1.165) is 22.2 Å². The van der Waals surface area contributed by atoms with Crippen molar-refractivity contribution in [1.82, 2.24) is 16.0 Å². The van der Waals surface area contributed by atoms with Crippen molar-refractivity contribution in [2.24, 2.45) is 4.99 Å². The molecule has 0 aliphatic rings. The van der Waals surface area contributed by atoms with Gasteiger partial charge in [-0.25, -0.2) is 0 Å². The summed E-state index contributed by atoms with van der Waals surface area (Å²) < 4.78 is 1.17. The van der Waals surface area contributed by atoms with Crippen LogP contribution in [0.15, 0.2) is 59.6 Å². The Bertz CT molecular complexity index is 972. The second-order valence-electron chi connectivity index (χ2n) is 6.61. The third-order valence-corrected chi connectivity index (χ3v) is 5.80. The quantitative estimate of drug-likeness (QED) is 0.211. The molecule has 6 nitrogen and oxygen atoms in total. The Kier molecular flexibility index (Phi) is 9.54. The Morgan fingerprint density at radius 2 is 1.93 bits per heavy atom. The monoisotopic (exact) mass is 538 g/mol. The molecule has 160 valence electrons. The summed E-state index contributed by atoms with van der Waals surface area (Å²) in [6, 6.07) is 17.7. The van der Waals surface area contributed by atoms with Gasteiger partial charge in [0.1, 0.15) is 6.10 Å². The molecule has 1 atom stereocenters. The van der Waals surface area contributed by atoms with E-state index in [1.807, 2.05) is 36.4 Å². The predicted octanol–water partition coefficient (Wildman–Crippen LogP) is 3.32. The number of halogens is 1. The van der Waals surface area contributed by atoms with Gasteiger partial charge >= 0.3 is 0 Å². The van der Waals surface area contributed by atoms with E-state index in [0.29, 0.717) is 24.6 Å². The number of benzene rings is 2. The van der Waals surface area contributed by atoms with Crippen molar-refractivity contribution >= 4 is 57.3 Å². The van der Waals surface area contributed by atoms with Crippen molar-refractivity contribution in [2.45, 2.75) is 12.5 Å². The highest BCUT2D eigenvalue weighted by Gasteiger charge is 2.12. The zero-order valence-electron chi connectivity index (χ0n) is 17.0. The summed E-state index contributed by atoms with van der Waals surface area (Å²) in [5, 5.41) is 20.7. The molecule has 4 N–H and O–H groups in total. The van der Waals surface area contributed by atoms with E-state index in [9.17, 15) is 9.90 Å². The van der Waals surface area contributed by atoms with Crippen LogP contribution in [0.2, 0.25) is 0 Å². The molecule has 1 aromatic heterocycles. The zero-order chi connectivity index (χ0) is 20.6. The first-order chi connectivity index (χ1) is 14.1. The smallest absolute Gasteiger partial charge is 0.251 e. The van der Waals surface area contributed by atoms with Gasteiger partial charge in [-0.3, -0.25) is 9.79 Å². The molecule has 30 heavy (non-hydrogen) atoms. The van der Waals surface area contributed by atoms with Crippen molar-refractivity contribution in [2.75, 3.05) is 27.2 Å². The third kappa shape index (κ3) is 6.41. The molecule has 2 aromatic carbocycles. The molecule has 0 fully saturated rings. The maximum Gasteiger partial charge on any atom is 0.251 e. The van der Waals surface area contributed by atoms with E-state index < -0.39 is 6.10 Å². The first-order valence-electron chi connectivity index (χ1n) is 9.53. The van der Waals surface area contributed by atoms with Gasteiger partial charge in [0, 0.05) is 42.3 Å². The maximum absolute atomic E-state index is 11.7. The van der Waals surface area contributed by atoms with E-state index in [2.05, 4.69) is 33.1 Å². The van der Waals surface area contributed by atoms with Crippen LogP contribution < -0.4 is 16.0 Å². The van der Waals surface area contributed by atoms with Gasteiger partial charge in [-0.05, 0) is 41.6 Å². The number of nitrogens with zero attached hydrogens (tertiary/aromatic N) is 1. The number of amides is 1. The number of carbonyl (C=O) groups is 1. The maximum atomic E-state index is 11.7. The van der Waals surface area contributed by atoms with E-state index >= 15 is 0 Å². The standard InChI is InChI=1S/C22H26N4O2S.HI/c1-23-21(28)17-8-5-6-15(12-17)10-11-25-22(24-2)26-14-18(27)20-13-16-7-3-4-9-19(16)29-20;/h3-9,12-13,18,27H,10-11,14H2,1-2H3,(H,23,28)(H2,24,25,26);1H. The lowest BCUT2D eigenvalue weighted by atomic mass is 10.1. The van der Waals surface area contributed by atoms with Crippen LogP contribution in [0.5, 0.6) is 0 Å². The largest absolute Gasteiger partial charge is 0.386 e. The number of carbonyl (C=O) groups excluding carboxylic acids is 1. The van der Waals surface area contributed by atoms with Gasteiger partial charge in [0.25, 0.3) is 5.91 Å². The van der Waals surface area contributed by atoms with Gasteiger partial charge < -0.3 is 21.1 Å². The van der Waals surface area contributed by atoms with Crippen molar-refractivity contribution in [1.29, 1.82) is 0 Å². The number of nitrogens with one attached hydrogen (secondary N) is 3. The van der Waals surface area contributed by atoms with E-state index in [-0.39, 0.29) is 29.9 Å². The average Bonchev–Trinajstić information content (AvgIpc) is 3.20. The average molecular weight is 538 g/mol. The number of aliphatic hydroxyl groups is 1. The third-order valence-electron chi connectivity index (χ3n) is 4.58. The fourth-order valence-corrected chi connectivity index (χ4v) is 4.07. The molecule has 1 unspecified atom stereocenters. The van der Waals surface area contributed by atoms with Crippen LogP contribution in [-0.2, 0) is 6.42 Å². The summed E-state index contributed by atoms with van der Waals surface area (Å²) in [6.07, 6.45) is 0.153. The number of fused-ring (bicyclic) bond motifs is 1. The molecule has 0 bridgehead atoms. The van der Waals surface area contributed by atoms with Crippen LogP contribution in [0.3, 0.4) is 0 Å². The lowest BCUT2D eigenvalue weighted by Crippen LogP contribution is -2.40. The summed E-state index contributed by atoms with van der Waals surface area (Å²) >= 11 is 1.60. The van der Waals surface area contributed by atoms with Crippen LogP contribution in [-0.4, -0.2) is 44.2 Å². The lowest BCUT2D eigenvalue weighted by Gasteiger charge is -2.14. The minimum Gasteiger partial charge on any atom is -0.386 e. The Labute approximate surface area is 197 Å². The Hall–Kier alpha value is -2.17. The molecule has 1 amide bonds. The number of guanidine groups is 1. The van der Waals surface area contributed by atoms with E-state index in [4.69, 9.17) is 0 Å². The molecule has 0 saturated carbocycles. The Balaban J connectivity index is 0.00000320. The number of thiophene rings is 1. The highest BCUT2D eigenvalue weighted by atomic mass is 127. The molecule has 3 aromatic rings. The number of aliphatic imine (C=N–C) groups is 1. The number of aliphatic hydroxyl groups excluding tert-OH is 1. The van der Waals surface area contributed by atoms with Gasteiger partial charge in [-0.15, -0.1) is 35.3 Å². The molecule has 0 spiro atoms. The van der Waals surface area contributed by atoms with Gasteiger partial charge in [0.05, 0.1) is 0 Å². The van der Waals surface area contributed by atoms with Crippen LogP contribution in [0.25, 0.3) is 10.1 Å². The van der Waals surface area contributed by atoms with Crippen molar-refractivity contribution in [3.63, 3.8) is 0 Å². The molecule has 8 heteroatoms. The first-order valence-corrected chi connectivity index (χ1v) is 10.3. The Morgan fingerprint density at radius 3 is 2.67 bits per heavy atom. The Morgan fingerprint density at radius 1 is 1.13 bits per heavy atom. The highest BCUT2D eigenvalue weighted by molar-refractivity contribution is 14.0. The lowest BCUT2D eigenvalue weighted by molar-refractivity contribution is 0.0963. The normalized spacial score (nSPS) is 12.2. The predicted molar refractivity (Wildman–Crippen MR) is 135 cm³/mol. The van der Waals surface area contributed by atoms with Crippen LogP contribution in [0, 0.1) is 0 Å². The molecule has 0 saturated heterocycles. The number of rotatable bonds is 7. The number of hydrogen-bond donors (Lipinski definition) is 4. The summed E-state index contributed by atoms with van der Waals surface area (Å²) in [5.41, 5.74) is 1.72. The van der Waals surface area contributed by atoms with Gasteiger partial charge in [-0.1, -0.05) is 30.3 Å². The van der Waals surface area contributed by atoms with Crippen LogP contribution >= 0.6 is 35.3 Å². The molecule has 3 rings (SSSR count). The topological polar surface area (TPSA) is 85.8 Å². The fraction of sp³-hybridized carbons (Fsp3) is 0.273. The van der Waals surface area contributed by atoms with Gasteiger partial charge in [0.15, 0.2) is 5.96 Å². The fourth-order valence-electron chi connectivity index (χ4n) is 3.02. The minimum absolute atomic E-state index is 0. The van der Waals surface area contributed by atoms with Gasteiger partial charge in [-0.2, -0.15) is 0 Å². The minimum atomic E-state index is -0.602. The second-order valence-corrected chi connectivity index (χ2v) is 7.73. The van der Waals surface area contributed by atoms with Crippen LogP contribution in [0.1, 0.15) is 26.9 Å². The molecule has 0 aliphatic carbocycles. The summed E-state index contributed by atoms with van der Waals surface area (Å²) in [5.74, 6) is 0.542. The molecule has 0 radical (unpaired) electrons. The molecular formula is C22H27IN4O2S. The second kappa shape index (κ2) is 11.9. The van der Waals surface area contributed by atoms with Gasteiger partial charge in [0.2, 0.25) is 0 Å². The van der Waals surface area contributed by atoms with Crippen molar-refractivity contribution in [3.05, 3.63) is 70.6 Å². The summed E-state index contributed by atoms with van der Waals surface area (Å²) in [7, 11) is 3.33. The van der Waals surface area contributed by atoms with Crippen LogP contribution in [0.4, 0.5) is 0 Å². The van der Waals surface area contributed by atoms with E-state index in [1.165, 1.54) is 4.70 Å². The molecular weight excluding hydrogens is 511 g/mol. The zero-order valence-corrected chi connectivity index (χ0v) is 20.2. The van der Waals surface area contributed by atoms with E-state index in [1.54, 1.807) is 31.5 Å². The molecule has 1 heterocycles. The van der Waals surface area contributed by atoms with Crippen molar-refractivity contribution in [3.8, 4) is 0 Å². The molecule has 0 aliphatic heterocycles.